The van der Waals surface area contributed by atoms with Crippen molar-refractivity contribution in [2.75, 3.05) is 6.61 Å². The zero-order valence-corrected chi connectivity index (χ0v) is 11.4. The summed E-state index contributed by atoms with van der Waals surface area (Å²) in [6, 6.07) is 5.69. The van der Waals surface area contributed by atoms with Crippen molar-refractivity contribution >= 4 is 5.97 Å². The van der Waals surface area contributed by atoms with E-state index >= 15 is 0 Å². The first kappa shape index (κ1) is 14.5. The summed E-state index contributed by atoms with van der Waals surface area (Å²) in [6.45, 7) is 7.39. The number of nitrogens with two attached hydrogens (primary N) is 1. The van der Waals surface area contributed by atoms with Crippen LogP contribution >= 0.6 is 0 Å². The molecule has 0 heterocycles. The minimum atomic E-state index is -0.360. The van der Waals surface area contributed by atoms with E-state index in [1.54, 1.807) is 13.8 Å². The van der Waals surface area contributed by atoms with Crippen molar-refractivity contribution in [1.29, 1.82) is 0 Å². The molecule has 0 aliphatic carbocycles. The molecule has 0 aliphatic rings. The van der Waals surface area contributed by atoms with E-state index in [-0.39, 0.29) is 24.7 Å². The van der Waals surface area contributed by atoms with Crippen LogP contribution in [-0.2, 0) is 9.53 Å². The number of esters is 1. The molecule has 0 radical (unpaired) electrons. The van der Waals surface area contributed by atoms with Crippen LogP contribution in [-0.4, -0.2) is 18.7 Å². The van der Waals surface area contributed by atoms with Gasteiger partial charge in [0.25, 0.3) is 0 Å². The van der Waals surface area contributed by atoms with E-state index in [1.807, 2.05) is 32.0 Å². The van der Waals surface area contributed by atoms with Crippen molar-refractivity contribution in [3.05, 3.63) is 29.3 Å². The monoisotopic (exact) mass is 251 g/mol. The Bertz CT molecular complexity index is 414. The highest BCUT2D eigenvalue weighted by molar-refractivity contribution is 5.71. The van der Waals surface area contributed by atoms with Crippen LogP contribution in [0.15, 0.2) is 18.2 Å². The maximum atomic E-state index is 11.3. The van der Waals surface area contributed by atoms with E-state index < -0.39 is 0 Å². The third-order valence-electron chi connectivity index (χ3n) is 2.44. The van der Waals surface area contributed by atoms with Gasteiger partial charge in [0.15, 0.2) is 6.61 Å². The second-order valence-electron chi connectivity index (χ2n) is 4.64. The molecule has 18 heavy (non-hydrogen) atoms. The van der Waals surface area contributed by atoms with Gasteiger partial charge in [0.2, 0.25) is 0 Å². The van der Waals surface area contributed by atoms with Gasteiger partial charge in [-0.1, -0.05) is 12.1 Å². The van der Waals surface area contributed by atoms with Crippen molar-refractivity contribution in [3.63, 3.8) is 0 Å². The third kappa shape index (κ3) is 4.37. The van der Waals surface area contributed by atoms with Gasteiger partial charge in [0.1, 0.15) is 5.75 Å². The van der Waals surface area contributed by atoms with Crippen molar-refractivity contribution in [2.24, 2.45) is 5.73 Å². The van der Waals surface area contributed by atoms with Crippen LogP contribution in [0.1, 0.15) is 37.9 Å². The number of rotatable bonds is 5. The first-order valence-corrected chi connectivity index (χ1v) is 6.08. The first-order valence-electron chi connectivity index (χ1n) is 6.08. The molecule has 1 rings (SSSR count). The van der Waals surface area contributed by atoms with E-state index in [4.69, 9.17) is 15.2 Å². The predicted octanol–water partition coefficient (Wildman–Crippen LogP) is 2.35. The number of aryl methyl sites for hydroxylation is 1. The molecule has 0 fully saturated rings. The fourth-order valence-corrected chi connectivity index (χ4v) is 1.55. The smallest absolute Gasteiger partial charge is 0.344 e. The molecule has 0 bridgehead atoms. The van der Waals surface area contributed by atoms with Gasteiger partial charge >= 0.3 is 5.97 Å². The molecule has 0 spiro atoms. The van der Waals surface area contributed by atoms with Crippen molar-refractivity contribution in [3.8, 4) is 5.75 Å². The molecule has 1 aromatic rings. The lowest BCUT2D eigenvalue weighted by molar-refractivity contribution is -0.149. The van der Waals surface area contributed by atoms with Gasteiger partial charge in [-0.3, -0.25) is 0 Å². The molecule has 0 aliphatic heterocycles. The fourth-order valence-electron chi connectivity index (χ4n) is 1.55. The SMILES string of the molecule is Cc1cc([C@@H](C)N)ccc1OCC(=O)OC(C)C. The molecule has 0 unspecified atom stereocenters. The lowest BCUT2D eigenvalue weighted by atomic mass is 10.1. The number of hydrogen-bond acceptors (Lipinski definition) is 4. The Kier molecular flexibility index (Phi) is 5.16. The summed E-state index contributed by atoms with van der Waals surface area (Å²) in [6.07, 6.45) is -0.123. The van der Waals surface area contributed by atoms with Crippen LogP contribution in [0.2, 0.25) is 0 Å². The quantitative estimate of drug-likeness (QED) is 0.816. The topological polar surface area (TPSA) is 61.5 Å². The number of benzene rings is 1. The Morgan fingerprint density at radius 1 is 1.33 bits per heavy atom. The maximum Gasteiger partial charge on any atom is 0.344 e. The van der Waals surface area contributed by atoms with Gasteiger partial charge in [-0.15, -0.1) is 0 Å². The largest absolute Gasteiger partial charge is 0.482 e. The highest BCUT2D eigenvalue weighted by Gasteiger charge is 2.09. The zero-order valence-electron chi connectivity index (χ0n) is 11.4. The number of carbonyl (C=O) groups excluding carboxylic acids is 1. The Hall–Kier alpha value is -1.55. The van der Waals surface area contributed by atoms with E-state index in [0.717, 1.165) is 11.1 Å². The van der Waals surface area contributed by atoms with Gasteiger partial charge < -0.3 is 15.2 Å². The van der Waals surface area contributed by atoms with E-state index in [2.05, 4.69) is 0 Å². The summed E-state index contributed by atoms with van der Waals surface area (Å²) in [5.74, 6) is 0.320. The fraction of sp³-hybridized carbons (Fsp3) is 0.500. The Labute approximate surface area is 108 Å². The number of carbonyl (C=O) groups is 1. The average Bonchev–Trinajstić information content (AvgIpc) is 2.26. The molecular formula is C14H21NO3. The molecule has 0 aromatic heterocycles. The van der Waals surface area contributed by atoms with Crippen molar-refractivity contribution in [1.82, 2.24) is 0 Å². The molecule has 0 saturated carbocycles. The van der Waals surface area contributed by atoms with Crippen LogP contribution < -0.4 is 10.5 Å². The molecule has 0 amide bonds. The molecule has 4 heteroatoms. The minimum absolute atomic E-state index is 0.0105. The van der Waals surface area contributed by atoms with E-state index in [9.17, 15) is 4.79 Å². The van der Waals surface area contributed by atoms with Crippen LogP contribution in [0.5, 0.6) is 5.75 Å². The summed E-state index contributed by atoms with van der Waals surface area (Å²) in [7, 11) is 0. The minimum Gasteiger partial charge on any atom is -0.482 e. The molecular weight excluding hydrogens is 230 g/mol. The summed E-state index contributed by atoms with van der Waals surface area (Å²) in [5, 5.41) is 0. The van der Waals surface area contributed by atoms with Crippen molar-refractivity contribution in [2.45, 2.75) is 39.8 Å². The summed E-state index contributed by atoms with van der Waals surface area (Å²) in [5.41, 5.74) is 7.80. The van der Waals surface area contributed by atoms with Gasteiger partial charge in [-0.2, -0.15) is 0 Å². The molecule has 0 saturated heterocycles. The second-order valence-corrected chi connectivity index (χ2v) is 4.64. The second kappa shape index (κ2) is 6.40. The predicted molar refractivity (Wildman–Crippen MR) is 70.5 cm³/mol. The summed E-state index contributed by atoms with van der Waals surface area (Å²) >= 11 is 0. The highest BCUT2D eigenvalue weighted by atomic mass is 16.6. The maximum absolute atomic E-state index is 11.3. The molecule has 100 valence electrons. The lowest BCUT2D eigenvalue weighted by Crippen LogP contribution is -2.19. The molecule has 1 atom stereocenters. The summed E-state index contributed by atoms with van der Waals surface area (Å²) < 4.78 is 10.4. The molecule has 2 N–H and O–H groups in total. The van der Waals surface area contributed by atoms with Crippen LogP contribution in [0.25, 0.3) is 0 Å². The summed E-state index contributed by atoms with van der Waals surface area (Å²) in [4.78, 5) is 11.3. The van der Waals surface area contributed by atoms with E-state index in [1.165, 1.54) is 0 Å². The van der Waals surface area contributed by atoms with Gasteiger partial charge in [0, 0.05) is 6.04 Å². The van der Waals surface area contributed by atoms with Gasteiger partial charge in [-0.05, 0) is 44.9 Å². The zero-order chi connectivity index (χ0) is 13.7. The normalized spacial score (nSPS) is 12.3. The Morgan fingerprint density at radius 2 is 2.00 bits per heavy atom. The Balaban J connectivity index is 2.60. The standard InChI is InChI=1S/C14H21NO3/c1-9(2)18-14(16)8-17-13-6-5-12(11(4)15)7-10(13)3/h5-7,9,11H,8,15H2,1-4H3/t11-/m1/s1. The highest BCUT2D eigenvalue weighted by Crippen LogP contribution is 2.21. The molecule has 1 aromatic carbocycles. The molecule has 4 nitrogen and oxygen atoms in total. The number of ether oxygens (including phenoxy) is 2. The third-order valence-corrected chi connectivity index (χ3v) is 2.44. The number of hydrogen-bond donors (Lipinski definition) is 1. The van der Waals surface area contributed by atoms with E-state index in [0.29, 0.717) is 5.75 Å². The van der Waals surface area contributed by atoms with Crippen LogP contribution in [0, 0.1) is 6.92 Å². The first-order chi connectivity index (χ1) is 8.40. The Morgan fingerprint density at radius 3 is 2.50 bits per heavy atom. The van der Waals surface area contributed by atoms with Crippen molar-refractivity contribution < 1.29 is 14.3 Å². The average molecular weight is 251 g/mol. The lowest BCUT2D eigenvalue weighted by Gasteiger charge is -2.13. The van der Waals surface area contributed by atoms with Gasteiger partial charge in [0.05, 0.1) is 6.10 Å². The van der Waals surface area contributed by atoms with Gasteiger partial charge in [-0.25, -0.2) is 4.79 Å². The van der Waals surface area contributed by atoms with Crippen LogP contribution in [0.4, 0.5) is 0 Å². The van der Waals surface area contributed by atoms with Crippen LogP contribution in [0.3, 0.4) is 0 Å².